The van der Waals surface area contributed by atoms with Crippen LogP contribution in [-0.4, -0.2) is 38.5 Å². The first-order valence-electron chi connectivity index (χ1n) is 10.1. The van der Waals surface area contributed by atoms with E-state index in [1.165, 1.54) is 0 Å². The van der Waals surface area contributed by atoms with Crippen molar-refractivity contribution < 1.29 is 18.9 Å². The molecule has 7 heteroatoms. The number of benzene rings is 3. The van der Waals surface area contributed by atoms with Crippen LogP contribution in [0.25, 0.3) is 0 Å². The molecule has 6 nitrogen and oxygen atoms in total. The Kier molecular flexibility index (Phi) is 8.16. The minimum absolute atomic E-state index is 0.548. The summed E-state index contributed by atoms with van der Waals surface area (Å²) in [6.07, 6.45) is 0. The van der Waals surface area contributed by atoms with Crippen LogP contribution in [-0.2, 0) is 13.1 Å². The molecule has 0 radical (unpaired) electrons. The minimum atomic E-state index is 0.548. The zero-order chi connectivity index (χ0) is 22.9. The lowest BCUT2D eigenvalue weighted by Crippen LogP contribution is -2.34. The maximum atomic E-state index is 5.82. The highest BCUT2D eigenvalue weighted by Crippen LogP contribution is 2.30. The van der Waals surface area contributed by atoms with Gasteiger partial charge in [-0.05, 0) is 42.0 Å². The van der Waals surface area contributed by atoms with Gasteiger partial charge in [0.1, 0.15) is 23.0 Å². The number of nitrogens with zero attached hydrogens (tertiary/aromatic N) is 1. The lowest BCUT2D eigenvalue weighted by Gasteiger charge is -2.27. The molecule has 0 unspecified atom stereocenters. The number of hydrogen-bond donors (Lipinski definition) is 1. The van der Waals surface area contributed by atoms with Crippen LogP contribution >= 0.6 is 12.2 Å². The summed E-state index contributed by atoms with van der Waals surface area (Å²) in [4.78, 5) is 2.08. The molecule has 0 aromatic heterocycles. The first-order chi connectivity index (χ1) is 15.6. The van der Waals surface area contributed by atoms with E-state index in [-0.39, 0.29) is 0 Å². The van der Waals surface area contributed by atoms with Gasteiger partial charge in [-0.1, -0.05) is 30.3 Å². The van der Waals surface area contributed by atoms with Crippen LogP contribution < -0.4 is 24.3 Å². The molecular formula is C25H28N2O4S. The molecule has 0 saturated heterocycles. The van der Waals surface area contributed by atoms with Crippen LogP contribution in [0.2, 0.25) is 0 Å². The molecule has 3 rings (SSSR count). The van der Waals surface area contributed by atoms with E-state index in [1.807, 2.05) is 54.6 Å². The van der Waals surface area contributed by atoms with E-state index in [1.54, 1.807) is 28.4 Å². The van der Waals surface area contributed by atoms with Crippen LogP contribution in [0.5, 0.6) is 23.0 Å². The monoisotopic (exact) mass is 452 g/mol. The summed E-state index contributed by atoms with van der Waals surface area (Å²) < 4.78 is 21.7. The molecule has 0 bridgehead atoms. The fourth-order valence-electron chi connectivity index (χ4n) is 3.29. The van der Waals surface area contributed by atoms with Gasteiger partial charge in [0.2, 0.25) is 0 Å². The molecule has 0 amide bonds. The molecule has 0 saturated carbocycles. The molecule has 168 valence electrons. The minimum Gasteiger partial charge on any atom is -0.497 e. The third kappa shape index (κ3) is 5.82. The topological polar surface area (TPSA) is 52.2 Å². The van der Waals surface area contributed by atoms with Crippen molar-refractivity contribution >= 4 is 23.0 Å². The second-order valence-corrected chi connectivity index (χ2v) is 7.40. The Hall–Kier alpha value is -3.45. The fraction of sp³-hybridized carbons (Fsp3) is 0.240. The van der Waals surface area contributed by atoms with Gasteiger partial charge in [0.15, 0.2) is 5.11 Å². The molecule has 0 aliphatic heterocycles. The molecule has 1 N–H and O–H groups in total. The summed E-state index contributed by atoms with van der Waals surface area (Å²) >= 11 is 5.82. The number of nitrogens with one attached hydrogen (secondary N) is 1. The Morgan fingerprint density at radius 3 is 2.00 bits per heavy atom. The molecular weight excluding hydrogens is 424 g/mol. The van der Waals surface area contributed by atoms with E-state index in [2.05, 4.69) is 22.3 Å². The number of hydrogen-bond acceptors (Lipinski definition) is 5. The van der Waals surface area contributed by atoms with Crippen molar-refractivity contribution in [3.63, 3.8) is 0 Å². The predicted molar refractivity (Wildman–Crippen MR) is 131 cm³/mol. The van der Waals surface area contributed by atoms with Gasteiger partial charge in [0.25, 0.3) is 0 Å². The Morgan fingerprint density at radius 1 is 0.750 bits per heavy atom. The third-order valence-electron chi connectivity index (χ3n) is 5.01. The molecule has 3 aromatic carbocycles. The van der Waals surface area contributed by atoms with Crippen molar-refractivity contribution in [3.8, 4) is 23.0 Å². The Balaban J connectivity index is 1.88. The second-order valence-electron chi connectivity index (χ2n) is 7.02. The lowest BCUT2D eigenvalue weighted by molar-refractivity contribution is 0.370. The molecule has 0 fully saturated rings. The first kappa shape index (κ1) is 23.2. The van der Waals surface area contributed by atoms with Gasteiger partial charge in [-0.25, -0.2) is 0 Å². The first-order valence-corrected chi connectivity index (χ1v) is 10.5. The van der Waals surface area contributed by atoms with Crippen molar-refractivity contribution in [1.82, 2.24) is 4.90 Å². The average molecular weight is 453 g/mol. The summed E-state index contributed by atoms with van der Waals surface area (Å²) in [5.74, 6) is 2.84. The maximum Gasteiger partial charge on any atom is 0.174 e. The summed E-state index contributed by atoms with van der Waals surface area (Å²) in [7, 11) is 6.53. The van der Waals surface area contributed by atoms with Gasteiger partial charge in [-0.2, -0.15) is 0 Å². The molecule has 0 heterocycles. The summed E-state index contributed by atoms with van der Waals surface area (Å²) in [5, 5.41) is 3.89. The molecule has 0 atom stereocenters. The van der Waals surface area contributed by atoms with Gasteiger partial charge in [-0.3, -0.25) is 0 Å². The lowest BCUT2D eigenvalue weighted by atomic mass is 10.1. The molecule has 3 aromatic rings. The van der Waals surface area contributed by atoms with Gasteiger partial charge >= 0.3 is 0 Å². The maximum absolute atomic E-state index is 5.82. The SMILES string of the molecule is COc1ccc(CN(Cc2ccccc2)C(=S)Nc2ccc(OC)cc2OC)c(OC)c1. The van der Waals surface area contributed by atoms with Crippen molar-refractivity contribution in [2.75, 3.05) is 33.8 Å². The van der Waals surface area contributed by atoms with Crippen LogP contribution in [0.4, 0.5) is 5.69 Å². The summed E-state index contributed by atoms with van der Waals surface area (Å²) in [6.45, 7) is 1.17. The summed E-state index contributed by atoms with van der Waals surface area (Å²) in [5.41, 5.74) is 2.90. The quantitative estimate of drug-likeness (QED) is 0.452. The highest BCUT2D eigenvalue weighted by atomic mass is 32.1. The van der Waals surface area contributed by atoms with E-state index in [0.717, 1.165) is 28.3 Å². The number of rotatable bonds is 9. The van der Waals surface area contributed by atoms with Crippen molar-refractivity contribution in [3.05, 3.63) is 77.9 Å². The van der Waals surface area contributed by atoms with Crippen LogP contribution in [0.1, 0.15) is 11.1 Å². The second kappa shape index (κ2) is 11.2. The fourth-order valence-corrected chi connectivity index (χ4v) is 3.53. The van der Waals surface area contributed by atoms with E-state index in [4.69, 9.17) is 31.2 Å². The standard InChI is InChI=1S/C25H28N2O4S/c1-28-20-11-10-19(23(14-20)30-3)17-27(16-18-8-6-5-7-9-18)25(32)26-22-13-12-21(29-2)15-24(22)31-4/h5-15H,16-17H2,1-4H3,(H,26,32). The average Bonchev–Trinajstić information content (AvgIpc) is 2.84. The Morgan fingerprint density at radius 2 is 1.38 bits per heavy atom. The van der Waals surface area contributed by atoms with Gasteiger partial charge in [-0.15, -0.1) is 0 Å². The Labute approximate surface area is 194 Å². The van der Waals surface area contributed by atoms with E-state index in [0.29, 0.717) is 29.7 Å². The molecule has 0 spiro atoms. The van der Waals surface area contributed by atoms with Gasteiger partial charge < -0.3 is 29.2 Å². The largest absolute Gasteiger partial charge is 0.497 e. The zero-order valence-corrected chi connectivity index (χ0v) is 19.6. The van der Waals surface area contributed by atoms with E-state index >= 15 is 0 Å². The number of methoxy groups -OCH3 is 4. The Bertz CT molecular complexity index is 1040. The number of thiocarbonyl (C=S) groups is 1. The molecule has 0 aliphatic carbocycles. The van der Waals surface area contributed by atoms with Crippen molar-refractivity contribution in [2.24, 2.45) is 0 Å². The van der Waals surface area contributed by atoms with Crippen LogP contribution in [0, 0.1) is 0 Å². The van der Waals surface area contributed by atoms with E-state index < -0.39 is 0 Å². The van der Waals surface area contributed by atoms with Crippen molar-refractivity contribution in [1.29, 1.82) is 0 Å². The normalized spacial score (nSPS) is 10.2. The van der Waals surface area contributed by atoms with Crippen molar-refractivity contribution in [2.45, 2.75) is 13.1 Å². The number of anilines is 1. The van der Waals surface area contributed by atoms with Crippen LogP contribution in [0.15, 0.2) is 66.7 Å². The van der Waals surface area contributed by atoms with E-state index in [9.17, 15) is 0 Å². The zero-order valence-electron chi connectivity index (χ0n) is 18.8. The predicted octanol–water partition coefficient (Wildman–Crippen LogP) is 5.12. The molecule has 0 aliphatic rings. The van der Waals surface area contributed by atoms with Gasteiger partial charge in [0, 0.05) is 30.8 Å². The number of ether oxygens (including phenoxy) is 4. The van der Waals surface area contributed by atoms with Gasteiger partial charge in [0.05, 0.1) is 34.1 Å². The summed E-state index contributed by atoms with van der Waals surface area (Å²) in [6, 6.07) is 21.5. The highest BCUT2D eigenvalue weighted by Gasteiger charge is 2.16. The third-order valence-corrected chi connectivity index (χ3v) is 5.37. The van der Waals surface area contributed by atoms with Crippen LogP contribution in [0.3, 0.4) is 0 Å². The highest BCUT2D eigenvalue weighted by molar-refractivity contribution is 7.80. The smallest absolute Gasteiger partial charge is 0.174 e. The molecule has 32 heavy (non-hydrogen) atoms.